The normalized spacial score (nSPS) is 11.3. The smallest absolute Gasteiger partial charge is 0.220 e. The number of nitrogens with zero attached hydrogens (tertiary/aromatic N) is 2. The number of hydrogen-bond donors (Lipinski definition) is 1. The molecule has 0 aliphatic heterocycles. The Balaban J connectivity index is 2.59. The molecule has 0 unspecified atom stereocenters. The molecule has 0 aliphatic rings. The highest BCUT2D eigenvalue weighted by Gasteiger charge is 2.21. The fraction of sp³-hybridized carbons (Fsp3) is 0.667. The Labute approximate surface area is 102 Å². The SMILES string of the molecule is CCOc1cc(OCC(N)(CC)CC)ncn1. The number of nitrogens with two attached hydrogens (primary N) is 1. The van der Waals surface area contributed by atoms with Crippen molar-refractivity contribution in [1.82, 2.24) is 9.97 Å². The Morgan fingerprint density at radius 3 is 2.24 bits per heavy atom. The maximum absolute atomic E-state index is 6.14. The van der Waals surface area contributed by atoms with Gasteiger partial charge in [-0.25, -0.2) is 9.97 Å². The van der Waals surface area contributed by atoms with Crippen LogP contribution in [0.4, 0.5) is 0 Å². The summed E-state index contributed by atoms with van der Waals surface area (Å²) in [6, 6.07) is 1.68. The second-order valence-corrected chi connectivity index (χ2v) is 3.99. The quantitative estimate of drug-likeness (QED) is 0.785. The monoisotopic (exact) mass is 239 g/mol. The van der Waals surface area contributed by atoms with Gasteiger partial charge in [-0.2, -0.15) is 0 Å². The van der Waals surface area contributed by atoms with Crippen molar-refractivity contribution in [3.63, 3.8) is 0 Å². The van der Waals surface area contributed by atoms with Crippen LogP contribution in [0.15, 0.2) is 12.4 Å². The molecule has 0 amide bonds. The summed E-state index contributed by atoms with van der Waals surface area (Å²) < 4.78 is 10.9. The molecule has 17 heavy (non-hydrogen) atoms. The summed E-state index contributed by atoms with van der Waals surface area (Å²) in [5, 5.41) is 0. The zero-order valence-electron chi connectivity index (χ0n) is 10.8. The summed E-state index contributed by atoms with van der Waals surface area (Å²) in [5.41, 5.74) is 5.85. The third kappa shape index (κ3) is 4.19. The first-order valence-corrected chi connectivity index (χ1v) is 6.00. The summed E-state index contributed by atoms with van der Waals surface area (Å²) in [5.74, 6) is 1.02. The first kappa shape index (κ1) is 13.7. The van der Waals surface area contributed by atoms with Crippen LogP contribution in [0.25, 0.3) is 0 Å². The van der Waals surface area contributed by atoms with Gasteiger partial charge in [-0.1, -0.05) is 13.8 Å². The molecule has 0 aliphatic carbocycles. The molecule has 1 aromatic rings. The zero-order chi connectivity index (χ0) is 12.7. The summed E-state index contributed by atoms with van der Waals surface area (Å²) in [7, 11) is 0. The van der Waals surface area contributed by atoms with Crippen molar-refractivity contribution < 1.29 is 9.47 Å². The molecule has 0 radical (unpaired) electrons. The Kier molecular flexibility index (Phi) is 5.15. The van der Waals surface area contributed by atoms with E-state index in [1.807, 2.05) is 6.92 Å². The molecule has 5 heteroatoms. The van der Waals surface area contributed by atoms with Gasteiger partial charge in [0, 0.05) is 5.54 Å². The zero-order valence-corrected chi connectivity index (χ0v) is 10.8. The molecule has 0 bridgehead atoms. The van der Waals surface area contributed by atoms with Gasteiger partial charge in [-0.05, 0) is 19.8 Å². The molecule has 0 aromatic carbocycles. The van der Waals surface area contributed by atoms with Crippen molar-refractivity contribution >= 4 is 0 Å². The van der Waals surface area contributed by atoms with Crippen molar-refractivity contribution in [2.45, 2.75) is 39.2 Å². The van der Waals surface area contributed by atoms with Crippen molar-refractivity contribution in [2.75, 3.05) is 13.2 Å². The first-order valence-electron chi connectivity index (χ1n) is 6.00. The van der Waals surface area contributed by atoms with Gasteiger partial charge >= 0.3 is 0 Å². The lowest BCUT2D eigenvalue weighted by Gasteiger charge is -2.26. The standard InChI is InChI=1S/C12H21N3O2/c1-4-12(13,5-2)8-17-11-7-10(16-6-3)14-9-15-11/h7,9H,4-6,8,13H2,1-3H3. The summed E-state index contributed by atoms with van der Waals surface area (Å²) in [4.78, 5) is 7.99. The molecule has 0 saturated heterocycles. The lowest BCUT2D eigenvalue weighted by Crippen LogP contribution is -2.44. The van der Waals surface area contributed by atoms with E-state index < -0.39 is 0 Å². The van der Waals surface area contributed by atoms with E-state index in [1.165, 1.54) is 6.33 Å². The van der Waals surface area contributed by atoms with E-state index >= 15 is 0 Å². The van der Waals surface area contributed by atoms with Crippen molar-refractivity contribution in [3.05, 3.63) is 12.4 Å². The minimum absolute atomic E-state index is 0.295. The van der Waals surface area contributed by atoms with Gasteiger partial charge in [-0.3, -0.25) is 0 Å². The number of aromatic nitrogens is 2. The van der Waals surface area contributed by atoms with Gasteiger partial charge in [0.05, 0.1) is 12.7 Å². The van der Waals surface area contributed by atoms with Gasteiger partial charge in [0.1, 0.15) is 12.9 Å². The van der Waals surface area contributed by atoms with E-state index in [0.717, 1.165) is 12.8 Å². The van der Waals surface area contributed by atoms with Gasteiger partial charge in [0.2, 0.25) is 11.8 Å². The molecule has 5 nitrogen and oxygen atoms in total. The third-order valence-electron chi connectivity index (χ3n) is 2.82. The van der Waals surface area contributed by atoms with E-state index in [9.17, 15) is 0 Å². The summed E-state index contributed by atoms with van der Waals surface area (Å²) >= 11 is 0. The van der Waals surface area contributed by atoms with Gasteiger partial charge in [-0.15, -0.1) is 0 Å². The molecule has 0 saturated carbocycles. The van der Waals surface area contributed by atoms with E-state index in [4.69, 9.17) is 15.2 Å². The topological polar surface area (TPSA) is 70.3 Å². The third-order valence-corrected chi connectivity index (χ3v) is 2.82. The highest BCUT2D eigenvalue weighted by Crippen LogP contribution is 2.17. The maximum Gasteiger partial charge on any atom is 0.220 e. The van der Waals surface area contributed by atoms with Crippen LogP contribution in [-0.4, -0.2) is 28.7 Å². The molecule has 0 atom stereocenters. The van der Waals surface area contributed by atoms with Crippen LogP contribution in [-0.2, 0) is 0 Å². The molecular weight excluding hydrogens is 218 g/mol. The van der Waals surface area contributed by atoms with Crippen LogP contribution < -0.4 is 15.2 Å². The first-order chi connectivity index (χ1) is 8.13. The average Bonchev–Trinajstić information content (AvgIpc) is 2.37. The molecule has 96 valence electrons. The molecule has 1 heterocycles. The van der Waals surface area contributed by atoms with Gasteiger partial charge in [0.15, 0.2) is 0 Å². The van der Waals surface area contributed by atoms with E-state index in [2.05, 4.69) is 23.8 Å². The lowest BCUT2D eigenvalue weighted by molar-refractivity contribution is 0.199. The fourth-order valence-corrected chi connectivity index (χ4v) is 1.30. The Hall–Kier alpha value is -1.36. The van der Waals surface area contributed by atoms with Crippen LogP contribution in [0.5, 0.6) is 11.8 Å². The Morgan fingerprint density at radius 1 is 1.12 bits per heavy atom. The molecule has 0 fully saturated rings. The van der Waals surface area contributed by atoms with Crippen LogP contribution in [0, 0.1) is 0 Å². The van der Waals surface area contributed by atoms with Crippen LogP contribution in [0.2, 0.25) is 0 Å². The number of hydrogen-bond acceptors (Lipinski definition) is 5. The summed E-state index contributed by atoms with van der Waals surface area (Å²) in [6.45, 7) is 7.03. The van der Waals surface area contributed by atoms with Crippen molar-refractivity contribution in [3.8, 4) is 11.8 Å². The highest BCUT2D eigenvalue weighted by molar-refractivity contribution is 5.18. The second-order valence-electron chi connectivity index (χ2n) is 3.99. The highest BCUT2D eigenvalue weighted by atomic mass is 16.5. The second kappa shape index (κ2) is 6.39. The summed E-state index contributed by atoms with van der Waals surface area (Å²) in [6.07, 6.45) is 3.16. The number of rotatable bonds is 7. The minimum Gasteiger partial charge on any atom is -0.478 e. The number of ether oxygens (including phenoxy) is 2. The molecule has 1 aromatic heterocycles. The predicted octanol–water partition coefficient (Wildman–Crippen LogP) is 1.77. The van der Waals surface area contributed by atoms with E-state index in [-0.39, 0.29) is 5.54 Å². The molecular formula is C12H21N3O2. The predicted molar refractivity (Wildman–Crippen MR) is 66.2 cm³/mol. The molecule has 1 rings (SSSR count). The van der Waals surface area contributed by atoms with Crippen molar-refractivity contribution in [2.24, 2.45) is 5.73 Å². The Bertz CT molecular complexity index is 340. The maximum atomic E-state index is 6.14. The van der Waals surface area contributed by atoms with Gasteiger partial charge < -0.3 is 15.2 Å². The van der Waals surface area contributed by atoms with Crippen LogP contribution in [0.3, 0.4) is 0 Å². The lowest BCUT2D eigenvalue weighted by atomic mass is 9.96. The Morgan fingerprint density at radius 2 is 1.71 bits per heavy atom. The van der Waals surface area contributed by atoms with Crippen molar-refractivity contribution in [1.29, 1.82) is 0 Å². The minimum atomic E-state index is -0.295. The van der Waals surface area contributed by atoms with E-state index in [0.29, 0.717) is 25.0 Å². The molecule has 0 spiro atoms. The van der Waals surface area contributed by atoms with E-state index in [1.54, 1.807) is 6.07 Å². The van der Waals surface area contributed by atoms with Crippen LogP contribution >= 0.6 is 0 Å². The molecule has 2 N–H and O–H groups in total. The average molecular weight is 239 g/mol. The van der Waals surface area contributed by atoms with Gasteiger partial charge in [0.25, 0.3) is 0 Å². The van der Waals surface area contributed by atoms with Crippen LogP contribution in [0.1, 0.15) is 33.6 Å². The largest absolute Gasteiger partial charge is 0.478 e. The fourth-order valence-electron chi connectivity index (χ4n) is 1.30.